The summed E-state index contributed by atoms with van der Waals surface area (Å²) < 4.78 is 0. The average molecular weight is 133 g/mol. The van der Waals surface area contributed by atoms with Crippen LogP contribution in [0.25, 0.3) is 0 Å². The third-order valence-electron chi connectivity index (χ3n) is 1.14. The largest absolute Gasteiger partial charge is 0.396 e. The number of hydrogen-bond donors (Lipinski definition) is 2. The Bertz CT molecular complexity index is 56.3. The van der Waals surface area contributed by atoms with E-state index in [2.05, 4.69) is 0 Å². The number of rotatable bonds is 5. The van der Waals surface area contributed by atoms with E-state index < -0.39 is 6.10 Å². The van der Waals surface area contributed by atoms with Crippen LogP contribution in [-0.4, -0.2) is 29.5 Å². The van der Waals surface area contributed by atoms with Crippen molar-refractivity contribution in [2.75, 3.05) is 13.2 Å². The molecule has 0 heterocycles. The molecule has 0 aromatic carbocycles. The Balaban J connectivity index is 2.95. The van der Waals surface area contributed by atoms with Gasteiger partial charge in [0.1, 0.15) is 0 Å². The summed E-state index contributed by atoms with van der Waals surface area (Å²) in [5.41, 5.74) is 0. The summed E-state index contributed by atoms with van der Waals surface area (Å²) in [4.78, 5) is 0. The Hall–Kier alpha value is -0.120. The van der Waals surface area contributed by atoms with E-state index in [0.717, 1.165) is 0 Å². The van der Waals surface area contributed by atoms with Gasteiger partial charge in [-0.15, -0.1) is 0 Å². The van der Waals surface area contributed by atoms with Crippen LogP contribution >= 0.6 is 0 Å². The Morgan fingerprint density at radius 3 is 2.44 bits per heavy atom. The molecule has 0 amide bonds. The molecule has 0 aliphatic carbocycles. The van der Waals surface area contributed by atoms with E-state index in [-0.39, 0.29) is 13.2 Å². The zero-order valence-electron chi connectivity index (χ0n) is 5.42. The van der Waals surface area contributed by atoms with Gasteiger partial charge in [0.25, 0.3) is 0 Å². The highest BCUT2D eigenvalue weighted by molar-refractivity contribution is 4.53. The van der Waals surface area contributed by atoms with E-state index in [9.17, 15) is 5.11 Å². The van der Waals surface area contributed by atoms with Gasteiger partial charge in [-0.3, -0.25) is 0 Å². The van der Waals surface area contributed by atoms with Gasteiger partial charge in [-0.2, -0.15) is 0 Å². The lowest BCUT2D eigenvalue weighted by molar-refractivity contribution is 0.106. The number of aliphatic hydroxyl groups is 2. The fraction of sp³-hybridized carbons (Fsp3) is 1.00. The van der Waals surface area contributed by atoms with Crippen LogP contribution in [0.1, 0.15) is 19.3 Å². The summed E-state index contributed by atoms with van der Waals surface area (Å²) in [6, 6.07) is 0. The molecule has 1 atom stereocenters. The first kappa shape index (κ1) is 8.88. The number of aliphatic hydroxyl groups excluding tert-OH is 2. The molecule has 0 aliphatic rings. The molecule has 9 heavy (non-hydrogen) atoms. The average Bonchev–Trinajstić information content (AvgIpc) is 1.85. The van der Waals surface area contributed by atoms with E-state index in [1.165, 1.54) is 0 Å². The van der Waals surface area contributed by atoms with Gasteiger partial charge < -0.3 is 10.2 Å². The normalized spacial score (nSPS) is 13.7. The van der Waals surface area contributed by atoms with E-state index in [1.807, 2.05) is 0 Å². The fourth-order valence-electron chi connectivity index (χ4n) is 0.612. The van der Waals surface area contributed by atoms with Gasteiger partial charge in [0.2, 0.25) is 0 Å². The molecular formula is C6H13O3. The van der Waals surface area contributed by atoms with Crippen LogP contribution in [0.3, 0.4) is 0 Å². The van der Waals surface area contributed by atoms with Crippen LogP contribution in [-0.2, 0) is 5.11 Å². The van der Waals surface area contributed by atoms with Crippen molar-refractivity contribution in [2.45, 2.75) is 25.4 Å². The summed E-state index contributed by atoms with van der Waals surface area (Å²) in [5, 5.41) is 27.0. The molecule has 0 bridgehead atoms. The first-order valence-corrected chi connectivity index (χ1v) is 3.18. The lowest BCUT2D eigenvalue weighted by Gasteiger charge is -2.05. The summed E-state index contributed by atoms with van der Waals surface area (Å²) in [6.07, 6.45) is 0.926. The van der Waals surface area contributed by atoms with Gasteiger partial charge in [-0.1, -0.05) is 0 Å². The third-order valence-corrected chi connectivity index (χ3v) is 1.14. The molecule has 0 aliphatic heterocycles. The van der Waals surface area contributed by atoms with E-state index in [1.54, 1.807) is 0 Å². The zero-order chi connectivity index (χ0) is 7.11. The van der Waals surface area contributed by atoms with Crippen LogP contribution in [0, 0.1) is 0 Å². The number of hydrogen-bond acceptors (Lipinski definition) is 2. The summed E-state index contributed by atoms with van der Waals surface area (Å²) in [6.45, 7) is -0.136. The Morgan fingerprint density at radius 1 is 1.33 bits per heavy atom. The molecule has 0 aromatic rings. The van der Waals surface area contributed by atoms with Crippen molar-refractivity contribution in [1.82, 2.24) is 0 Å². The van der Waals surface area contributed by atoms with Crippen molar-refractivity contribution in [3.63, 3.8) is 0 Å². The van der Waals surface area contributed by atoms with Crippen molar-refractivity contribution in [1.29, 1.82) is 0 Å². The van der Waals surface area contributed by atoms with E-state index in [4.69, 9.17) is 10.2 Å². The molecule has 3 heteroatoms. The van der Waals surface area contributed by atoms with E-state index in [0.29, 0.717) is 19.3 Å². The van der Waals surface area contributed by atoms with Gasteiger partial charge in [-0.05, 0) is 19.3 Å². The van der Waals surface area contributed by atoms with Crippen LogP contribution in [0.15, 0.2) is 0 Å². The van der Waals surface area contributed by atoms with Gasteiger partial charge in [-0.25, -0.2) is 5.11 Å². The minimum absolute atomic E-state index is 0.0000236. The maximum absolute atomic E-state index is 9.86. The molecule has 0 aromatic heterocycles. The molecule has 1 radical (unpaired) electrons. The second-order valence-electron chi connectivity index (χ2n) is 2.01. The minimum atomic E-state index is -0.482. The van der Waals surface area contributed by atoms with Crippen molar-refractivity contribution in [2.24, 2.45) is 0 Å². The van der Waals surface area contributed by atoms with Crippen molar-refractivity contribution < 1.29 is 15.3 Å². The summed E-state index contributed by atoms with van der Waals surface area (Å²) in [7, 11) is 0. The summed E-state index contributed by atoms with van der Waals surface area (Å²) >= 11 is 0. The molecular weight excluding hydrogens is 120 g/mol. The lowest BCUT2D eigenvalue weighted by atomic mass is 10.1. The highest BCUT2D eigenvalue weighted by Gasteiger charge is 2.00. The van der Waals surface area contributed by atoms with Crippen LogP contribution in [0.2, 0.25) is 0 Å². The van der Waals surface area contributed by atoms with Gasteiger partial charge in [0.15, 0.2) is 0 Å². The SMILES string of the molecule is [O]CCCC(O)CCO. The summed E-state index contributed by atoms with van der Waals surface area (Å²) in [5.74, 6) is 0. The highest BCUT2D eigenvalue weighted by atomic mass is 16.3. The highest BCUT2D eigenvalue weighted by Crippen LogP contribution is 1.99. The lowest BCUT2D eigenvalue weighted by Crippen LogP contribution is -2.08. The van der Waals surface area contributed by atoms with Crippen molar-refractivity contribution in [3.05, 3.63) is 0 Å². The monoisotopic (exact) mass is 133 g/mol. The second-order valence-corrected chi connectivity index (χ2v) is 2.01. The first-order valence-electron chi connectivity index (χ1n) is 3.18. The molecule has 2 N–H and O–H groups in total. The van der Waals surface area contributed by atoms with Gasteiger partial charge in [0.05, 0.1) is 12.7 Å². The maximum atomic E-state index is 9.86. The van der Waals surface area contributed by atoms with Crippen LogP contribution < -0.4 is 0 Å². The minimum Gasteiger partial charge on any atom is -0.396 e. The molecule has 0 saturated carbocycles. The predicted molar refractivity (Wildman–Crippen MR) is 32.5 cm³/mol. The molecule has 0 fully saturated rings. The Kier molecular flexibility index (Phi) is 5.93. The van der Waals surface area contributed by atoms with Gasteiger partial charge in [0, 0.05) is 6.61 Å². The zero-order valence-corrected chi connectivity index (χ0v) is 5.42. The van der Waals surface area contributed by atoms with Crippen molar-refractivity contribution >= 4 is 0 Å². The molecule has 0 saturated heterocycles. The second kappa shape index (κ2) is 6.01. The van der Waals surface area contributed by atoms with Crippen molar-refractivity contribution in [3.8, 4) is 0 Å². The molecule has 55 valence electrons. The van der Waals surface area contributed by atoms with E-state index >= 15 is 0 Å². The molecule has 0 rings (SSSR count). The molecule has 3 nitrogen and oxygen atoms in total. The third kappa shape index (κ3) is 5.76. The standard InChI is InChI=1S/C6H13O3/c7-4-1-2-6(9)3-5-8/h6,8-9H,1-5H2. The first-order chi connectivity index (χ1) is 4.31. The maximum Gasteiger partial charge on any atom is 0.0823 e. The van der Waals surface area contributed by atoms with Crippen LogP contribution in [0.5, 0.6) is 0 Å². The molecule has 0 spiro atoms. The smallest absolute Gasteiger partial charge is 0.0823 e. The predicted octanol–water partition coefficient (Wildman–Crippen LogP) is -0.0596. The van der Waals surface area contributed by atoms with Gasteiger partial charge >= 0.3 is 0 Å². The topological polar surface area (TPSA) is 60.4 Å². The Morgan fingerprint density at radius 2 is 2.00 bits per heavy atom. The van der Waals surface area contributed by atoms with Crippen LogP contribution in [0.4, 0.5) is 0 Å². The fourth-order valence-corrected chi connectivity index (χ4v) is 0.612. The molecule has 1 unspecified atom stereocenters. The Labute approximate surface area is 54.9 Å². The quantitative estimate of drug-likeness (QED) is 0.552.